The Morgan fingerprint density at radius 1 is 0.533 bits per heavy atom. The van der Waals surface area contributed by atoms with Crippen LogP contribution < -0.4 is 9.64 Å². The first-order valence-corrected chi connectivity index (χ1v) is 14.8. The van der Waals surface area contributed by atoms with Gasteiger partial charge >= 0.3 is 0 Å². The Morgan fingerprint density at radius 3 is 1.47 bits per heavy atom. The summed E-state index contributed by atoms with van der Waals surface area (Å²) in [6, 6.07) is 28.4. The van der Waals surface area contributed by atoms with Crippen LogP contribution >= 0.6 is 0 Å². The average molecular weight is 593 g/mol. The number of ether oxygens (including phenoxy) is 1. The van der Waals surface area contributed by atoms with Gasteiger partial charge in [0.05, 0.1) is 7.11 Å². The first-order chi connectivity index (χ1) is 21.8. The molecule has 4 aromatic rings. The molecule has 9 heteroatoms. The maximum atomic E-state index is 5.52. The van der Waals surface area contributed by atoms with Crippen LogP contribution in [0.25, 0.3) is 0 Å². The van der Waals surface area contributed by atoms with Crippen molar-refractivity contribution in [3.8, 4) is 5.75 Å². The largest absolute Gasteiger partial charge is 0.497 e. The molecule has 3 aliphatic rings. The zero-order chi connectivity index (χ0) is 31.2. The summed E-state index contributed by atoms with van der Waals surface area (Å²) in [6.07, 6.45) is 0. The molecule has 3 heterocycles. The number of para-hydroxylation sites is 2. The van der Waals surface area contributed by atoms with Crippen LogP contribution in [-0.4, -0.2) is 47.5 Å². The SMILES string of the molecule is COc1cc(C)c(C2=NC3=NC(N(c4ccccc4)c4ccccc4)=NC4=NC(c5c(C)cc(C)cc5C)=NC(=N2)N43)c(C)c1. The van der Waals surface area contributed by atoms with Crippen molar-refractivity contribution in [2.75, 3.05) is 12.0 Å². The van der Waals surface area contributed by atoms with Gasteiger partial charge in [-0.2, -0.15) is 30.0 Å². The Balaban J connectivity index is 1.47. The number of nitrogens with zero attached hydrogens (tertiary/aromatic N) is 8. The number of amidine groups is 2. The van der Waals surface area contributed by atoms with Crippen LogP contribution in [0.15, 0.2) is 115 Å². The number of guanidine groups is 4. The average Bonchev–Trinajstić information content (AvgIpc) is 3.01. The van der Waals surface area contributed by atoms with Crippen LogP contribution in [0.3, 0.4) is 0 Å². The zero-order valence-electron chi connectivity index (χ0n) is 26.1. The third-order valence-corrected chi connectivity index (χ3v) is 7.92. The second-order valence-electron chi connectivity index (χ2n) is 11.3. The number of anilines is 2. The second kappa shape index (κ2) is 11.1. The minimum absolute atomic E-state index is 0.394. The minimum atomic E-state index is 0.394. The fraction of sp³-hybridized carbons (Fsp3) is 0.167. The fourth-order valence-electron chi connectivity index (χ4n) is 6.06. The first kappa shape index (κ1) is 28.1. The van der Waals surface area contributed by atoms with Gasteiger partial charge in [-0.15, -0.1) is 0 Å². The van der Waals surface area contributed by atoms with Crippen molar-refractivity contribution < 1.29 is 4.74 Å². The van der Waals surface area contributed by atoms with Gasteiger partial charge in [0, 0.05) is 22.5 Å². The maximum absolute atomic E-state index is 5.52. The van der Waals surface area contributed by atoms with Crippen LogP contribution in [0.2, 0.25) is 0 Å². The molecule has 0 radical (unpaired) electrons. The second-order valence-corrected chi connectivity index (χ2v) is 11.3. The summed E-state index contributed by atoms with van der Waals surface area (Å²) in [5.41, 5.74) is 9.01. The molecule has 9 nitrogen and oxygen atoms in total. The smallest absolute Gasteiger partial charge is 0.244 e. The Labute approximate surface area is 262 Å². The quantitative estimate of drug-likeness (QED) is 0.249. The Hall–Kier alpha value is -5.70. The van der Waals surface area contributed by atoms with E-state index in [1.54, 1.807) is 12.0 Å². The Kier molecular flexibility index (Phi) is 6.93. The van der Waals surface area contributed by atoms with E-state index in [1.165, 1.54) is 5.56 Å². The Morgan fingerprint density at radius 2 is 0.978 bits per heavy atom. The van der Waals surface area contributed by atoms with Gasteiger partial charge in [-0.1, -0.05) is 54.1 Å². The van der Waals surface area contributed by atoms with E-state index in [4.69, 9.17) is 34.7 Å². The van der Waals surface area contributed by atoms with Gasteiger partial charge < -0.3 is 4.74 Å². The number of benzene rings is 4. The van der Waals surface area contributed by atoms with E-state index in [2.05, 4.69) is 32.9 Å². The van der Waals surface area contributed by atoms with E-state index in [-0.39, 0.29) is 0 Å². The summed E-state index contributed by atoms with van der Waals surface area (Å²) in [6.45, 7) is 10.3. The van der Waals surface area contributed by atoms with E-state index in [9.17, 15) is 0 Å². The van der Waals surface area contributed by atoms with Gasteiger partial charge in [0.25, 0.3) is 0 Å². The summed E-state index contributed by atoms with van der Waals surface area (Å²) >= 11 is 0. The Bertz CT molecular complexity index is 1950. The molecule has 0 spiro atoms. The van der Waals surface area contributed by atoms with E-state index in [1.807, 2.05) is 91.5 Å². The normalized spacial score (nSPS) is 15.2. The van der Waals surface area contributed by atoms with E-state index in [0.717, 1.165) is 50.5 Å². The van der Waals surface area contributed by atoms with Crippen LogP contribution in [0.1, 0.15) is 38.9 Å². The molecule has 0 aliphatic carbocycles. The minimum Gasteiger partial charge on any atom is -0.497 e. The molecule has 0 N–H and O–H groups in total. The summed E-state index contributed by atoms with van der Waals surface area (Å²) in [4.78, 5) is 33.8. The highest BCUT2D eigenvalue weighted by Crippen LogP contribution is 2.31. The van der Waals surface area contributed by atoms with Crippen molar-refractivity contribution in [1.82, 2.24) is 4.90 Å². The molecule has 0 bridgehead atoms. The van der Waals surface area contributed by atoms with Gasteiger partial charge in [-0.25, -0.2) is 4.90 Å². The van der Waals surface area contributed by atoms with Gasteiger partial charge in [-0.05, 0) is 93.3 Å². The highest BCUT2D eigenvalue weighted by Gasteiger charge is 2.37. The number of aliphatic imine (C=N–C) groups is 6. The molecule has 0 fully saturated rings. The monoisotopic (exact) mass is 592 g/mol. The van der Waals surface area contributed by atoms with Crippen LogP contribution in [-0.2, 0) is 0 Å². The lowest BCUT2D eigenvalue weighted by Gasteiger charge is -2.33. The first-order valence-electron chi connectivity index (χ1n) is 14.8. The molecule has 222 valence electrons. The van der Waals surface area contributed by atoms with Crippen molar-refractivity contribution in [3.63, 3.8) is 0 Å². The summed E-state index contributed by atoms with van der Waals surface area (Å²) < 4.78 is 5.52. The molecule has 0 atom stereocenters. The fourth-order valence-corrected chi connectivity index (χ4v) is 6.06. The van der Waals surface area contributed by atoms with E-state index >= 15 is 0 Å². The van der Waals surface area contributed by atoms with Crippen LogP contribution in [0, 0.1) is 34.6 Å². The molecule has 0 amide bonds. The third-order valence-electron chi connectivity index (χ3n) is 7.92. The summed E-state index contributed by atoms with van der Waals surface area (Å²) in [5, 5.41) is 0. The predicted octanol–water partition coefficient (Wildman–Crippen LogP) is 7.04. The molecular weight excluding hydrogens is 560 g/mol. The highest BCUT2D eigenvalue weighted by molar-refractivity contribution is 6.34. The third kappa shape index (κ3) is 5.02. The predicted molar refractivity (Wildman–Crippen MR) is 183 cm³/mol. The van der Waals surface area contributed by atoms with E-state index in [0.29, 0.717) is 35.5 Å². The number of rotatable bonds is 5. The van der Waals surface area contributed by atoms with Crippen molar-refractivity contribution in [2.24, 2.45) is 30.0 Å². The lowest BCUT2D eigenvalue weighted by Crippen LogP contribution is -2.49. The molecular formula is C36H32N8O. The van der Waals surface area contributed by atoms with Crippen molar-refractivity contribution >= 4 is 46.9 Å². The highest BCUT2D eigenvalue weighted by atomic mass is 16.5. The number of hydrogen-bond acceptors (Lipinski definition) is 9. The van der Waals surface area contributed by atoms with Gasteiger partial charge in [-0.3, -0.25) is 4.90 Å². The van der Waals surface area contributed by atoms with E-state index < -0.39 is 0 Å². The zero-order valence-corrected chi connectivity index (χ0v) is 26.1. The molecule has 7 rings (SSSR count). The number of hydrogen-bond donors (Lipinski definition) is 0. The summed E-state index contributed by atoms with van der Waals surface area (Å²) in [7, 11) is 1.67. The van der Waals surface area contributed by atoms with Crippen LogP contribution in [0.4, 0.5) is 11.4 Å². The van der Waals surface area contributed by atoms with Crippen molar-refractivity contribution in [1.29, 1.82) is 0 Å². The lowest BCUT2D eigenvalue weighted by molar-refractivity contribution is 0.414. The van der Waals surface area contributed by atoms with Crippen LogP contribution in [0.5, 0.6) is 5.75 Å². The topological polar surface area (TPSA) is 89.9 Å². The molecule has 3 aliphatic heterocycles. The molecule has 45 heavy (non-hydrogen) atoms. The lowest BCUT2D eigenvalue weighted by atomic mass is 9.99. The molecule has 4 aromatic carbocycles. The summed E-state index contributed by atoms with van der Waals surface area (Å²) in [5.74, 6) is 3.50. The molecule has 0 saturated heterocycles. The molecule has 0 saturated carbocycles. The molecule has 0 unspecified atom stereocenters. The number of aryl methyl sites for hydroxylation is 5. The van der Waals surface area contributed by atoms with Gasteiger partial charge in [0.2, 0.25) is 23.8 Å². The van der Waals surface area contributed by atoms with Gasteiger partial charge in [0.1, 0.15) is 5.75 Å². The van der Waals surface area contributed by atoms with Crippen molar-refractivity contribution in [2.45, 2.75) is 34.6 Å². The maximum Gasteiger partial charge on any atom is 0.244 e. The molecule has 0 aromatic heterocycles. The number of methoxy groups -OCH3 is 1. The van der Waals surface area contributed by atoms with Gasteiger partial charge in [0.15, 0.2) is 11.7 Å². The standard InChI is InChI=1S/C36H32N8O/c1-21-17-22(2)29(23(3)18-21)31-37-33-38-32(30-24(4)19-28(45-6)20-25(30)5)40-35-42-36(41-34(39-31)44(33)35)43(26-13-9-7-10-14-26)27-15-11-8-12-16-27/h7-20H,1-6H3. The van der Waals surface area contributed by atoms with Crippen molar-refractivity contribution in [3.05, 3.63) is 124 Å².